The second kappa shape index (κ2) is 7.51. The third kappa shape index (κ3) is 3.97. The Labute approximate surface area is 141 Å². The van der Waals surface area contributed by atoms with Crippen LogP contribution in [0.25, 0.3) is 0 Å². The van der Waals surface area contributed by atoms with Gasteiger partial charge in [-0.15, -0.1) is 11.3 Å². The molecular weight excluding hydrogens is 311 g/mol. The number of halogens is 1. The molecule has 1 saturated heterocycles. The average molecular weight is 334 g/mol. The molecule has 1 aromatic heterocycles. The molecule has 0 amide bonds. The maximum atomic E-state index is 13.9. The lowest BCUT2D eigenvalue weighted by Gasteiger charge is -2.37. The quantitative estimate of drug-likeness (QED) is 0.834. The number of hydrogen-bond acceptors (Lipinski definition) is 4. The van der Waals surface area contributed by atoms with Crippen LogP contribution in [0.4, 0.5) is 4.39 Å². The van der Waals surface area contributed by atoms with Crippen molar-refractivity contribution in [3.8, 4) is 0 Å². The van der Waals surface area contributed by atoms with Crippen molar-refractivity contribution in [2.45, 2.75) is 32.4 Å². The Morgan fingerprint density at radius 2 is 2.22 bits per heavy atom. The van der Waals surface area contributed by atoms with Gasteiger partial charge in [-0.05, 0) is 43.9 Å². The van der Waals surface area contributed by atoms with E-state index in [4.69, 9.17) is 4.74 Å². The van der Waals surface area contributed by atoms with Crippen LogP contribution >= 0.6 is 11.3 Å². The van der Waals surface area contributed by atoms with Crippen LogP contribution in [0.2, 0.25) is 0 Å². The van der Waals surface area contributed by atoms with Crippen LogP contribution in [0.3, 0.4) is 0 Å². The van der Waals surface area contributed by atoms with Gasteiger partial charge in [0, 0.05) is 25.1 Å². The summed E-state index contributed by atoms with van der Waals surface area (Å²) in [5.41, 5.74) is 3.83. The van der Waals surface area contributed by atoms with Gasteiger partial charge in [0.25, 0.3) is 0 Å². The summed E-state index contributed by atoms with van der Waals surface area (Å²) in [4.78, 5) is 8.07. The van der Waals surface area contributed by atoms with E-state index in [-0.39, 0.29) is 11.9 Å². The molecule has 1 fully saturated rings. The highest BCUT2D eigenvalue weighted by atomic mass is 32.1. The summed E-state index contributed by atoms with van der Waals surface area (Å²) < 4.78 is 19.6. The Bertz CT molecular complexity index is 645. The number of likely N-dealkylation sites (tertiary alicyclic amines) is 1. The number of aryl methyl sites for hydroxylation is 1. The number of methoxy groups -OCH3 is 1. The fourth-order valence-corrected chi connectivity index (χ4v) is 4.12. The van der Waals surface area contributed by atoms with Gasteiger partial charge in [-0.3, -0.25) is 4.90 Å². The maximum absolute atomic E-state index is 13.9. The number of piperidine rings is 1. The van der Waals surface area contributed by atoms with E-state index >= 15 is 0 Å². The Morgan fingerprint density at radius 1 is 1.39 bits per heavy atom. The first-order valence-corrected chi connectivity index (χ1v) is 8.93. The molecule has 2 aromatic rings. The normalized spacial score (nSPS) is 22.4. The molecule has 0 aliphatic carbocycles. The third-order valence-electron chi connectivity index (χ3n) is 4.73. The molecule has 1 aliphatic rings. The van der Waals surface area contributed by atoms with Crippen molar-refractivity contribution in [1.82, 2.24) is 9.88 Å². The lowest BCUT2D eigenvalue weighted by molar-refractivity contribution is -0.0136. The van der Waals surface area contributed by atoms with E-state index in [1.54, 1.807) is 30.6 Å². The predicted molar refractivity (Wildman–Crippen MR) is 91.1 cm³/mol. The zero-order chi connectivity index (χ0) is 16.2. The van der Waals surface area contributed by atoms with Gasteiger partial charge >= 0.3 is 0 Å². The summed E-state index contributed by atoms with van der Waals surface area (Å²) in [5, 5.41) is 0. The lowest BCUT2D eigenvalue weighted by Crippen LogP contribution is -2.45. The number of benzene rings is 1. The Morgan fingerprint density at radius 3 is 2.91 bits per heavy atom. The zero-order valence-corrected chi connectivity index (χ0v) is 14.5. The van der Waals surface area contributed by atoms with Crippen LogP contribution in [0.1, 0.15) is 22.6 Å². The highest BCUT2D eigenvalue weighted by Gasteiger charge is 2.30. The molecule has 2 atom stereocenters. The molecule has 1 aliphatic heterocycles. The van der Waals surface area contributed by atoms with Crippen molar-refractivity contribution < 1.29 is 9.13 Å². The van der Waals surface area contributed by atoms with E-state index in [0.717, 1.165) is 43.7 Å². The summed E-state index contributed by atoms with van der Waals surface area (Å²) in [6.07, 6.45) is 1.93. The predicted octanol–water partition coefficient (Wildman–Crippen LogP) is 3.67. The second-order valence-electron chi connectivity index (χ2n) is 6.21. The summed E-state index contributed by atoms with van der Waals surface area (Å²) >= 11 is 1.71. The van der Waals surface area contributed by atoms with Crippen molar-refractivity contribution in [3.05, 3.63) is 51.7 Å². The smallest absolute Gasteiger partial charge is 0.126 e. The molecule has 2 heterocycles. The van der Waals surface area contributed by atoms with E-state index < -0.39 is 0 Å². The van der Waals surface area contributed by atoms with Crippen LogP contribution in [0.5, 0.6) is 0 Å². The van der Waals surface area contributed by atoms with Gasteiger partial charge in [-0.25, -0.2) is 9.37 Å². The molecule has 23 heavy (non-hydrogen) atoms. The van der Waals surface area contributed by atoms with Crippen LogP contribution in [-0.2, 0) is 17.7 Å². The van der Waals surface area contributed by atoms with Gasteiger partial charge in [0.2, 0.25) is 0 Å². The third-order valence-corrected chi connectivity index (χ3v) is 5.65. The minimum atomic E-state index is -0.106. The summed E-state index contributed by atoms with van der Waals surface area (Å²) in [6.45, 7) is 4.91. The molecule has 1 aromatic carbocycles. The van der Waals surface area contributed by atoms with Gasteiger partial charge in [0.1, 0.15) is 5.82 Å². The monoisotopic (exact) mass is 334 g/mol. The Hall–Kier alpha value is -1.30. The highest BCUT2D eigenvalue weighted by molar-refractivity contribution is 7.09. The molecule has 3 rings (SSSR count). The first kappa shape index (κ1) is 16.6. The van der Waals surface area contributed by atoms with Crippen molar-refractivity contribution in [2.24, 2.45) is 5.92 Å². The number of thiazole rings is 1. The molecule has 0 unspecified atom stereocenters. The van der Waals surface area contributed by atoms with Crippen molar-refractivity contribution in [3.63, 3.8) is 0 Å². The van der Waals surface area contributed by atoms with Crippen molar-refractivity contribution in [2.75, 3.05) is 20.2 Å². The van der Waals surface area contributed by atoms with Crippen LogP contribution in [0.15, 0.2) is 29.8 Å². The minimum absolute atomic E-state index is 0.106. The fraction of sp³-hybridized carbons (Fsp3) is 0.500. The average Bonchev–Trinajstić information content (AvgIpc) is 2.96. The Kier molecular flexibility index (Phi) is 5.41. The van der Waals surface area contributed by atoms with Crippen molar-refractivity contribution in [1.29, 1.82) is 0 Å². The van der Waals surface area contributed by atoms with Crippen molar-refractivity contribution >= 4 is 11.3 Å². The number of aromatic nitrogens is 1. The van der Waals surface area contributed by atoms with E-state index in [1.165, 1.54) is 4.88 Å². The SMILES string of the molecule is CO[C@H]1CN(Cc2scnc2C)CC[C@@H]1Cc1ccccc1F. The zero-order valence-electron chi connectivity index (χ0n) is 13.7. The molecule has 0 N–H and O–H groups in total. The van der Waals surface area contributed by atoms with Gasteiger partial charge < -0.3 is 4.74 Å². The summed E-state index contributed by atoms with van der Waals surface area (Å²) in [7, 11) is 1.76. The summed E-state index contributed by atoms with van der Waals surface area (Å²) in [5.74, 6) is 0.265. The maximum Gasteiger partial charge on any atom is 0.126 e. The van der Waals surface area contributed by atoms with Gasteiger partial charge in [0.05, 0.1) is 17.3 Å². The fourth-order valence-electron chi connectivity index (χ4n) is 3.30. The van der Waals surface area contributed by atoms with Gasteiger partial charge in [-0.2, -0.15) is 0 Å². The number of rotatable bonds is 5. The number of nitrogens with zero attached hydrogens (tertiary/aromatic N) is 2. The van der Waals surface area contributed by atoms with E-state index in [0.29, 0.717) is 5.92 Å². The highest BCUT2D eigenvalue weighted by Crippen LogP contribution is 2.27. The molecule has 0 saturated carbocycles. The molecule has 0 spiro atoms. The van der Waals surface area contributed by atoms with Gasteiger partial charge in [-0.1, -0.05) is 18.2 Å². The van der Waals surface area contributed by atoms with E-state index in [2.05, 4.69) is 16.8 Å². The van der Waals surface area contributed by atoms with Crippen LogP contribution in [-0.4, -0.2) is 36.2 Å². The van der Waals surface area contributed by atoms with E-state index in [9.17, 15) is 4.39 Å². The topological polar surface area (TPSA) is 25.4 Å². The Balaban J connectivity index is 1.63. The molecule has 3 nitrogen and oxygen atoms in total. The molecule has 0 radical (unpaired) electrons. The molecule has 5 heteroatoms. The number of ether oxygens (including phenoxy) is 1. The van der Waals surface area contributed by atoms with Gasteiger partial charge in [0.15, 0.2) is 0 Å². The van der Waals surface area contributed by atoms with Crippen LogP contribution in [0, 0.1) is 18.7 Å². The standard InChI is InChI=1S/C18H23FN2OS/c1-13-18(23-12-20-13)11-21-8-7-15(17(10-21)22-2)9-14-5-3-4-6-16(14)19/h3-6,12,15,17H,7-11H2,1-2H3/t15-,17+/m1/s1. The molecule has 0 bridgehead atoms. The minimum Gasteiger partial charge on any atom is -0.380 e. The number of hydrogen-bond donors (Lipinski definition) is 0. The molecular formula is C18H23FN2OS. The van der Waals surface area contributed by atoms with Crippen LogP contribution < -0.4 is 0 Å². The summed E-state index contributed by atoms with van der Waals surface area (Å²) in [6, 6.07) is 7.07. The lowest BCUT2D eigenvalue weighted by atomic mass is 9.87. The second-order valence-corrected chi connectivity index (χ2v) is 7.15. The molecule has 124 valence electrons. The largest absolute Gasteiger partial charge is 0.380 e. The first-order chi connectivity index (χ1) is 11.2. The first-order valence-electron chi connectivity index (χ1n) is 8.05. The van der Waals surface area contributed by atoms with E-state index in [1.807, 2.05) is 17.6 Å².